The lowest BCUT2D eigenvalue weighted by atomic mass is 9.89. The van der Waals surface area contributed by atoms with Crippen LogP contribution in [0.3, 0.4) is 0 Å². The number of halogens is 3. The fourth-order valence-electron chi connectivity index (χ4n) is 1.78. The van der Waals surface area contributed by atoms with E-state index in [0.717, 1.165) is 6.92 Å². The topological polar surface area (TPSA) is 0 Å². The lowest BCUT2D eigenvalue weighted by Crippen LogP contribution is -2.20. The summed E-state index contributed by atoms with van der Waals surface area (Å²) in [5, 5.41) is 0. The molecular weight excluding hydrogens is 225 g/mol. The van der Waals surface area contributed by atoms with Gasteiger partial charge in [-0.15, -0.1) is 0 Å². The molecule has 0 aliphatic carbocycles. The molecule has 1 atom stereocenters. The Bertz CT molecular complexity index is 177. The van der Waals surface area contributed by atoms with E-state index >= 15 is 0 Å². The Morgan fingerprint density at radius 1 is 0.824 bits per heavy atom. The largest absolute Gasteiger partial charge is 0.248 e. The third-order valence-corrected chi connectivity index (χ3v) is 1.73. The fraction of sp³-hybridized carbons (Fsp3) is 1.00. The zero-order chi connectivity index (χ0) is 14.5. The van der Waals surface area contributed by atoms with Crippen LogP contribution in [0, 0.1) is 10.8 Å². The van der Waals surface area contributed by atoms with Crippen LogP contribution in [-0.2, 0) is 0 Å². The van der Waals surface area contributed by atoms with Crippen LogP contribution in [0.15, 0.2) is 0 Å². The lowest BCUT2D eigenvalue weighted by Gasteiger charge is -2.22. The Balaban J connectivity index is 0. The molecular formula is C14H29F3. The second-order valence-electron chi connectivity index (χ2n) is 7.35. The predicted octanol–water partition coefficient (Wildman–Crippen LogP) is 5.86. The summed E-state index contributed by atoms with van der Waals surface area (Å²) in [6.07, 6.45) is -0.0394. The summed E-state index contributed by atoms with van der Waals surface area (Å²) in [6, 6.07) is 0. The molecule has 0 amide bonds. The Morgan fingerprint density at radius 2 is 1.18 bits per heavy atom. The van der Waals surface area contributed by atoms with Gasteiger partial charge in [0.15, 0.2) is 0 Å². The molecule has 3 heteroatoms. The van der Waals surface area contributed by atoms with Crippen LogP contribution < -0.4 is 0 Å². The minimum absolute atomic E-state index is 0.0417. The molecule has 0 aromatic heterocycles. The summed E-state index contributed by atoms with van der Waals surface area (Å²) in [5.41, 5.74) is -0.119. The number of rotatable bonds is 2. The van der Waals surface area contributed by atoms with E-state index in [1.807, 2.05) is 41.5 Å². The van der Waals surface area contributed by atoms with Gasteiger partial charge in [-0.05, 0) is 31.1 Å². The van der Waals surface area contributed by atoms with Gasteiger partial charge < -0.3 is 0 Å². The third kappa shape index (κ3) is 25.8. The first kappa shape index (κ1) is 19.1. The average molecular weight is 254 g/mol. The van der Waals surface area contributed by atoms with Crippen LogP contribution in [0.1, 0.15) is 68.2 Å². The molecule has 0 spiro atoms. The normalized spacial score (nSPS) is 15.0. The third-order valence-electron chi connectivity index (χ3n) is 1.73. The smallest absolute Gasteiger partial charge is 0.245 e. The van der Waals surface area contributed by atoms with E-state index in [2.05, 4.69) is 0 Å². The summed E-state index contributed by atoms with van der Waals surface area (Å²) in [4.78, 5) is 0. The molecule has 0 rings (SSSR count). The van der Waals surface area contributed by atoms with E-state index in [0.29, 0.717) is 6.42 Å². The first-order chi connectivity index (χ1) is 7.12. The van der Waals surface area contributed by atoms with E-state index in [-0.39, 0.29) is 17.3 Å². The van der Waals surface area contributed by atoms with Crippen molar-refractivity contribution in [1.82, 2.24) is 0 Å². The van der Waals surface area contributed by atoms with Gasteiger partial charge in [-0.3, -0.25) is 0 Å². The average Bonchev–Trinajstić information content (AvgIpc) is 1.68. The van der Waals surface area contributed by atoms with Crippen molar-refractivity contribution < 1.29 is 13.2 Å². The van der Waals surface area contributed by atoms with Gasteiger partial charge in [0.2, 0.25) is 5.92 Å². The van der Waals surface area contributed by atoms with Crippen molar-refractivity contribution in [1.29, 1.82) is 0 Å². The van der Waals surface area contributed by atoms with Crippen LogP contribution in [0.5, 0.6) is 0 Å². The SMILES string of the molecule is CC(C)(C)CC(C)(F)F.CC(F)CC(C)(C)C. The Morgan fingerprint density at radius 3 is 1.18 bits per heavy atom. The van der Waals surface area contributed by atoms with Gasteiger partial charge in [0, 0.05) is 6.42 Å². The van der Waals surface area contributed by atoms with Gasteiger partial charge in [0.1, 0.15) is 0 Å². The van der Waals surface area contributed by atoms with Crippen LogP contribution in [-0.4, -0.2) is 12.1 Å². The molecule has 0 bridgehead atoms. The molecule has 0 radical (unpaired) electrons. The summed E-state index contributed by atoms with van der Waals surface area (Å²) in [6.45, 7) is 14.1. The number of hydrogen-bond acceptors (Lipinski definition) is 0. The highest BCUT2D eigenvalue weighted by Gasteiger charge is 2.28. The molecule has 0 aromatic carbocycles. The van der Waals surface area contributed by atoms with Crippen molar-refractivity contribution in [2.24, 2.45) is 10.8 Å². The molecule has 17 heavy (non-hydrogen) atoms. The van der Waals surface area contributed by atoms with Crippen molar-refractivity contribution in [2.75, 3.05) is 0 Å². The van der Waals surface area contributed by atoms with E-state index in [1.165, 1.54) is 0 Å². The number of alkyl halides is 3. The van der Waals surface area contributed by atoms with Gasteiger partial charge in [0.25, 0.3) is 0 Å². The highest BCUT2D eigenvalue weighted by atomic mass is 19.3. The molecule has 0 fully saturated rings. The molecule has 0 heterocycles. The van der Waals surface area contributed by atoms with Crippen molar-refractivity contribution in [2.45, 2.75) is 80.3 Å². The maximum Gasteiger partial charge on any atom is 0.245 e. The lowest BCUT2D eigenvalue weighted by molar-refractivity contribution is -0.0168. The molecule has 0 aromatic rings. The van der Waals surface area contributed by atoms with E-state index in [9.17, 15) is 13.2 Å². The molecule has 0 saturated carbocycles. The molecule has 0 N–H and O–H groups in total. The summed E-state index contributed by atoms with van der Waals surface area (Å²) in [5.74, 6) is -2.52. The van der Waals surface area contributed by atoms with E-state index in [1.54, 1.807) is 6.92 Å². The van der Waals surface area contributed by atoms with Crippen LogP contribution in [0.25, 0.3) is 0 Å². The summed E-state index contributed by atoms with van der Waals surface area (Å²) >= 11 is 0. The minimum atomic E-state index is -2.52. The Labute approximate surface area is 105 Å². The second-order valence-corrected chi connectivity index (χ2v) is 7.35. The van der Waals surface area contributed by atoms with Crippen LogP contribution >= 0.6 is 0 Å². The Kier molecular flexibility index (Phi) is 7.49. The zero-order valence-corrected chi connectivity index (χ0v) is 12.6. The highest BCUT2D eigenvalue weighted by molar-refractivity contribution is 4.70. The van der Waals surface area contributed by atoms with Gasteiger partial charge in [0.05, 0.1) is 6.17 Å². The van der Waals surface area contributed by atoms with E-state index < -0.39 is 12.1 Å². The van der Waals surface area contributed by atoms with Gasteiger partial charge >= 0.3 is 0 Å². The first-order valence-corrected chi connectivity index (χ1v) is 6.14. The minimum Gasteiger partial charge on any atom is -0.248 e. The molecule has 0 nitrogen and oxygen atoms in total. The predicted molar refractivity (Wildman–Crippen MR) is 69.3 cm³/mol. The van der Waals surface area contributed by atoms with Crippen molar-refractivity contribution in [3.63, 3.8) is 0 Å². The molecule has 106 valence electrons. The quantitative estimate of drug-likeness (QED) is 0.579. The first-order valence-electron chi connectivity index (χ1n) is 6.14. The molecule has 0 aliphatic rings. The second kappa shape index (κ2) is 6.65. The van der Waals surface area contributed by atoms with Crippen molar-refractivity contribution in [3.8, 4) is 0 Å². The van der Waals surface area contributed by atoms with Crippen LogP contribution in [0.2, 0.25) is 0 Å². The maximum absolute atomic E-state index is 12.2. The van der Waals surface area contributed by atoms with Gasteiger partial charge in [-0.2, -0.15) is 0 Å². The van der Waals surface area contributed by atoms with Gasteiger partial charge in [-0.1, -0.05) is 41.5 Å². The molecule has 0 aliphatic heterocycles. The number of hydrogen-bond donors (Lipinski definition) is 0. The fourth-order valence-corrected chi connectivity index (χ4v) is 1.78. The van der Waals surface area contributed by atoms with E-state index in [4.69, 9.17) is 0 Å². The summed E-state index contributed by atoms with van der Waals surface area (Å²) in [7, 11) is 0. The zero-order valence-electron chi connectivity index (χ0n) is 12.6. The van der Waals surface area contributed by atoms with Gasteiger partial charge in [-0.25, -0.2) is 13.2 Å². The maximum atomic E-state index is 12.2. The standard InChI is InChI=1S/C7H14F2.C7H15F/c1-6(2,3)5-7(4,8)9;1-6(8)5-7(2,3)4/h5H2,1-4H3;6H,5H2,1-4H3. The van der Waals surface area contributed by atoms with Crippen LogP contribution in [0.4, 0.5) is 13.2 Å². The molecule has 1 unspecified atom stereocenters. The molecule has 0 saturated heterocycles. The monoisotopic (exact) mass is 254 g/mol. The highest BCUT2D eigenvalue weighted by Crippen LogP contribution is 2.30. The van der Waals surface area contributed by atoms with Crippen molar-refractivity contribution >= 4 is 0 Å². The summed E-state index contributed by atoms with van der Waals surface area (Å²) < 4.78 is 36.6. The van der Waals surface area contributed by atoms with Crippen molar-refractivity contribution in [3.05, 3.63) is 0 Å². The Hall–Kier alpha value is -0.210.